The number of hydrogen-bond acceptors (Lipinski definition) is 2. The molecule has 0 aliphatic heterocycles. The molecule has 0 bridgehead atoms. The molecule has 0 radical (unpaired) electrons. The Kier molecular flexibility index (Phi) is 4.63. The minimum atomic E-state index is 0.607. The standard InChI is InChI=1S/C12H13IN2/c1-2-3-10(8-14)12(15)9-4-6-11(13)7-5-9/h4-7H,2-3,15H2,1H3/b12-10-. The molecule has 3 heteroatoms. The van der Waals surface area contributed by atoms with Crippen LogP contribution in [0.2, 0.25) is 0 Å². The van der Waals surface area contributed by atoms with Crippen molar-refractivity contribution in [2.45, 2.75) is 19.8 Å². The van der Waals surface area contributed by atoms with Crippen LogP contribution in [-0.2, 0) is 0 Å². The van der Waals surface area contributed by atoms with Crippen LogP contribution in [0.3, 0.4) is 0 Å². The van der Waals surface area contributed by atoms with Gasteiger partial charge in [0.05, 0.1) is 17.3 Å². The van der Waals surface area contributed by atoms with Crippen LogP contribution in [0.5, 0.6) is 0 Å². The average Bonchev–Trinajstić information content (AvgIpc) is 2.26. The van der Waals surface area contributed by atoms with E-state index in [0.717, 1.165) is 22.0 Å². The van der Waals surface area contributed by atoms with E-state index in [4.69, 9.17) is 11.0 Å². The molecule has 0 atom stereocenters. The molecule has 2 nitrogen and oxygen atoms in total. The van der Waals surface area contributed by atoms with Crippen LogP contribution in [0.4, 0.5) is 0 Å². The molecule has 0 aliphatic carbocycles. The lowest BCUT2D eigenvalue weighted by Gasteiger charge is -2.05. The van der Waals surface area contributed by atoms with Gasteiger partial charge in [0.25, 0.3) is 0 Å². The smallest absolute Gasteiger partial charge is 0.0968 e. The Hall–Kier alpha value is -1.02. The highest BCUT2D eigenvalue weighted by molar-refractivity contribution is 14.1. The van der Waals surface area contributed by atoms with E-state index in [0.29, 0.717) is 11.3 Å². The van der Waals surface area contributed by atoms with Gasteiger partial charge in [-0.2, -0.15) is 5.26 Å². The molecule has 2 N–H and O–H groups in total. The maximum absolute atomic E-state index is 8.95. The summed E-state index contributed by atoms with van der Waals surface area (Å²) in [6.07, 6.45) is 1.68. The molecule has 0 fully saturated rings. The third-order valence-corrected chi connectivity index (χ3v) is 2.83. The van der Waals surface area contributed by atoms with Crippen LogP contribution >= 0.6 is 22.6 Å². The van der Waals surface area contributed by atoms with E-state index in [2.05, 4.69) is 28.7 Å². The van der Waals surface area contributed by atoms with Gasteiger partial charge < -0.3 is 5.73 Å². The highest BCUT2D eigenvalue weighted by Crippen LogP contribution is 2.17. The molecule has 15 heavy (non-hydrogen) atoms. The van der Waals surface area contributed by atoms with Crippen LogP contribution in [0.1, 0.15) is 25.3 Å². The first-order chi connectivity index (χ1) is 7.19. The molecule has 78 valence electrons. The van der Waals surface area contributed by atoms with Gasteiger partial charge in [-0.1, -0.05) is 25.5 Å². The lowest BCUT2D eigenvalue weighted by molar-refractivity contribution is 0.929. The summed E-state index contributed by atoms with van der Waals surface area (Å²) in [5, 5.41) is 8.95. The number of benzene rings is 1. The average molecular weight is 312 g/mol. The molecule has 0 aliphatic rings. The lowest BCUT2D eigenvalue weighted by Crippen LogP contribution is -2.00. The fourth-order valence-corrected chi connectivity index (χ4v) is 1.66. The first-order valence-corrected chi connectivity index (χ1v) is 5.91. The summed E-state index contributed by atoms with van der Waals surface area (Å²) in [5.41, 5.74) is 8.16. The Morgan fingerprint density at radius 3 is 2.47 bits per heavy atom. The van der Waals surface area contributed by atoms with Crippen molar-refractivity contribution in [2.75, 3.05) is 0 Å². The molecule has 1 rings (SSSR count). The number of nitrogens with zero attached hydrogens (tertiary/aromatic N) is 1. The Morgan fingerprint density at radius 2 is 2.00 bits per heavy atom. The van der Waals surface area contributed by atoms with Gasteiger partial charge in [-0.15, -0.1) is 0 Å². The SMILES string of the molecule is CCC/C(C#N)=C(/N)c1ccc(I)cc1. The van der Waals surface area contributed by atoms with Crippen molar-refractivity contribution in [3.63, 3.8) is 0 Å². The zero-order valence-electron chi connectivity index (χ0n) is 8.63. The van der Waals surface area contributed by atoms with Gasteiger partial charge in [-0.05, 0) is 46.7 Å². The number of nitrogens with two attached hydrogens (primary N) is 1. The van der Waals surface area contributed by atoms with Gasteiger partial charge >= 0.3 is 0 Å². The molecular weight excluding hydrogens is 299 g/mol. The van der Waals surface area contributed by atoms with Crippen molar-refractivity contribution in [1.29, 1.82) is 5.26 Å². The largest absolute Gasteiger partial charge is 0.397 e. The van der Waals surface area contributed by atoms with Gasteiger partial charge in [0, 0.05) is 3.57 Å². The summed E-state index contributed by atoms with van der Waals surface area (Å²) in [6.45, 7) is 2.04. The van der Waals surface area contributed by atoms with Crippen molar-refractivity contribution in [3.8, 4) is 6.07 Å². The Balaban J connectivity index is 3.06. The molecule has 0 spiro atoms. The second-order valence-corrected chi connectivity index (χ2v) is 4.51. The molecule has 0 heterocycles. The number of halogens is 1. The maximum Gasteiger partial charge on any atom is 0.0968 e. The van der Waals surface area contributed by atoms with Gasteiger partial charge in [-0.3, -0.25) is 0 Å². The van der Waals surface area contributed by atoms with Crippen molar-refractivity contribution in [2.24, 2.45) is 5.73 Å². The fraction of sp³-hybridized carbons (Fsp3) is 0.250. The second-order valence-electron chi connectivity index (χ2n) is 3.26. The van der Waals surface area contributed by atoms with E-state index in [1.807, 2.05) is 31.2 Å². The lowest BCUT2D eigenvalue weighted by atomic mass is 10.0. The monoisotopic (exact) mass is 312 g/mol. The molecular formula is C12H13IN2. The Labute approximate surface area is 104 Å². The second kappa shape index (κ2) is 5.76. The molecule has 0 saturated carbocycles. The van der Waals surface area contributed by atoms with E-state index < -0.39 is 0 Å². The quantitative estimate of drug-likeness (QED) is 0.688. The summed E-state index contributed by atoms with van der Waals surface area (Å²) < 4.78 is 1.16. The predicted molar refractivity (Wildman–Crippen MR) is 70.8 cm³/mol. The third kappa shape index (κ3) is 3.24. The Morgan fingerprint density at radius 1 is 1.40 bits per heavy atom. The summed E-state index contributed by atoms with van der Waals surface area (Å²) >= 11 is 2.24. The maximum atomic E-state index is 8.95. The van der Waals surface area contributed by atoms with Crippen molar-refractivity contribution in [1.82, 2.24) is 0 Å². The van der Waals surface area contributed by atoms with E-state index in [1.54, 1.807) is 0 Å². The van der Waals surface area contributed by atoms with E-state index >= 15 is 0 Å². The molecule has 0 unspecified atom stereocenters. The topological polar surface area (TPSA) is 49.8 Å². The van der Waals surface area contributed by atoms with Crippen LogP contribution < -0.4 is 5.73 Å². The van der Waals surface area contributed by atoms with Crippen LogP contribution in [0.25, 0.3) is 5.70 Å². The first-order valence-electron chi connectivity index (χ1n) is 4.83. The first kappa shape index (κ1) is 12.1. The molecule has 0 saturated heterocycles. The highest BCUT2D eigenvalue weighted by atomic mass is 127. The molecule has 1 aromatic carbocycles. The molecule has 1 aromatic rings. The summed E-state index contributed by atoms with van der Waals surface area (Å²) in [4.78, 5) is 0. The number of allylic oxidation sites excluding steroid dienone is 1. The number of rotatable bonds is 3. The molecule has 0 aromatic heterocycles. The van der Waals surface area contributed by atoms with Gasteiger partial charge in [0.15, 0.2) is 0 Å². The zero-order valence-corrected chi connectivity index (χ0v) is 10.8. The van der Waals surface area contributed by atoms with Gasteiger partial charge in [-0.25, -0.2) is 0 Å². The fourth-order valence-electron chi connectivity index (χ4n) is 1.30. The summed E-state index contributed by atoms with van der Waals surface area (Å²) in [7, 11) is 0. The van der Waals surface area contributed by atoms with Crippen LogP contribution in [-0.4, -0.2) is 0 Å². The number of hydrogen-bond donors (Lipinski definition) is 1. The Bertz CT molecular complexity index is 399. The minimum absolute atomic E-state index is 0.607. The normalized spacial score (nSPS) is 11.8. The van der Waals surface area contributed by atoms with E-state index in [9.17, 15) is 0 Å². The van der Waals surface area contributed by atoms with E-state index in [-0.39, 0.29) is 0 Å². The molecule has 0 amide bonds. The summed E-state index contributed by atoms with van der Waals surface area (Å²) in [6, 6.07) is 10.0. The zero-order chi connectivity index (χ0) is 11.3. The third-order valence-electron chi connectivity index (χ3n) is 2.12. The number of nitriles is 1. The van der Waals surface area contributed by atoms with Crippen molar-refractivity contribution >= 4 is 28.3 Å². The predicted octanol–water partition coefficient (Wildman–Crippen LogP) is 3.28. The minimum Gasteiger partial charge on any atom is -0.397 e. The van der Waals surface area contributed by atoms with Crippen LogP contribution in [0, 0.1) is 14.9 Å². The van der Waals surface area contributed by atoms with Crippen molar-refractivity contribution in [3.05, 3.63) is 39.0 Å². The van der Waals surface area contributed by atoms with E-state index in [1.165, 1.54) is 0 Å². The van der Waals surface area contributed by atoms with Crippen LogP contribution in [0.15, 0.2) is 29.8 Å². The van der Waals surface area contributed by atoms with Gasteiger partial charge in [0.1, 0.15) is 0 Å². The summed E-state index contributed by atoms with van der Waals surface area (Å²) in [5.74, 6) is 0. The van der Waals surface area contributed by atoms with Crippen molar-refractivity contribution < 1.29 is 0 Å². The highest BCUT2D eigenvalue weighted by Gasteiger charge is 2.04. The van der Waals surface area contributed by atoms with Gasteiger partial charge in [0.2, 0.25) is 0 Å².